The van der Waals surface area contributed by atoms with Crippen molar-refractivity contribution in [3.63, 3.8) is 0 Å². The minimum Gasteiger partial charge on any atom is -0.490 e. The van der Waals surface area contributed by atoms with E-state index in [1.54, 1.807) is 28.7 Å². The van der Waals surface area contributed by atoms with E-state index in [9.17, 15) is 9.59 Å². The molecule has 2 aromatic heterocycles. The molecular formula is C21H18N2O5S. The van der Waals surface area contributed by atoms with Crippen LogP contribution in [-0.2, 0) is 4.79 Å². The third-order valence-corrected chi connectivity index (χ3v) is 5.33. The lowest BCUT2D eigenvalue weighted by Gasteiger charge is -2.15. The molecule has 0 aliphatic rings. The molecule has 0 spiro atoms. The van der Waals surface area contributed by atoms with Gasteiger partial charge in [0.2, 0.25) is 0 Å². The van der Waals surface area contributed by atoms with Gasteiger partial charge in [-0.1, -0.05) is 29.5 Å². The summed E-state index contributed by atoms with van der Waals surface area (Å²) in [5.41, 5.74) is 2.19. The lowest BCUT2D eigenvalue weighted by atomic mass is 10.2. The average Bonchev–Trinajstić information content (AvgIpc) is 3.20. The van der Waals surface area contributed by atoms with Crippen molar-refractivity contribution in [2.45, 2.75) is 20.0 Å². The van der Waals surface area contributed by atoms with Crippen molar-refractivity contribution in [3.05, 3.63) is 62.9 Å². The Morgan fingerprint density at radius 1 is 1.28 bits per heavy atom. The van der Waals surface area contributed by atoms with Crippen LogP contribution in [0.4, 0.5) is 0 Å². The second-order valence-corrected chi connectivity index (χ2v) is 7.38. The fourth-order valence-corrected chi connectivity index (χ4v) is 3.97. The molecule has 0 saturated heterocycles. The number of hydrogen-bond donors (Lipinski definition) is 1. The fraction of sp³-hybridized carbons (Fsp3) is 0.190. The van der Waals surface area contributed by atoms with Crippen LogP contribution in [0, 0.1) is 0 Å². The molecule has 2 aromatic carbocycles. The van der Waals surface area contributed by atoms with Crippen molar-refractivity contribution in [2.75, 3.05) is 6.61 Å². The van der Waals surface area contributed by atoms with Crippen molar-refractivity contribution in [3.8, 4) is 11.5 Å². The van der Waals surface area contributed by atoms with E-state index < -0.39 is 12.1 Å². The van der Waals surface area contributed by atoms with E-state index in [0.717, 1.165) is 16.6 Å². The first-order chi connectivity index (χ1) is 14.0. The molecule has 0 radical (unpaired) electrons. The number of carboxylic acids is 1. The summed E-state index contributed by atoms with van der Waals surface area (Å²) in [6.45, 7) is 3.68. The Labute approximate surface area is 169 Å². The van der Waals surface area contributed by atoms with Crippen LogP contribution in [0.3, 0.4) is 0 Å². The molecule has 148 valence electrons. The van der Waals surface area contributed by atoms with Gasteiger partial charge < -0.3 is 14.6 Å². The van der Waals surface area contributed by atoms with Gasteiger partial charge in [-0.15, -0.1) is 0 Å². The summed E-state index contributed by atoms with van der Waals surface area (Å²) in [5.74, 6) is -0.296. The summed E-state index contributed by atoms with van der Waals surface area (Å²) >= 11 is 1.32. The van der Waals surface area contributed by atoms with Gasteiger partial charge >= 0.3 is 5.97 Å². The summed E-state index contributed by atoms with van der Waals surface area (Å²) in [6, 6.07) is 12.7. The zero-order chi connectivity index (χ0) is 20.5. The van der Waals surface area contributed by atoms with Gasteiger partial charge in [-0.2, -0.15) is 0 Å². The molecule has 1 N–H and O–H groups in total. The number of rotatable bonds is 6. The number of aromatic nitrogens is 2. The highest BCUT2D eigenvalue weighted by molar-refractivity contribution is 7.15. The lowest BCUT2D eigenvalue weighted by Crippen LogP contribution is -2.23. The first-order valence-electron chi connectivity index (χ1n) is 9.06. The minimum absolute atomic E-state index is 0.128. The topological polar surface area (TPSA) is 90.1 Å². The van der Waals surface area contributed by atoms with Gasteiger partial charge in [-0.25, -0.2) is 14.2 Å². The maximum Gasteiger partial charge on any atom is 0.344 e. The molecule has 7 nitrogen and oxygen atoms in total. The lowest BCUT2D eigenvalue weighted by molar-refractivity contribution is -0.144. The summed E-state index contributed by atoms with van der Waals surface area (Å²) in [4.78, 5) is 29.1. The second-order valence-electron chi connectivity index (χ2n) is 6.37. The van der Waals surface area contributed by atoms with E-state index in [2.05, 4.69) is 4.98 Å². The number of imidazole rings is 1. The highest BCUT2D eigenvalue weighted by Gasteiger charge is 2.16. The Morgan fingerprint density at radius 3 is 2.83 bits per heavy atom. The van der Waals surface area contributed by atoms with Crippen LogP contribution >= 0.6 is 11.3 Å². The molecule has 0 aliphatic heterocycles. The van der Waals surface area contributed by atoms with Crippen molar-refractivity contribution in [1.82, 2.24) is 9.38 Å². The summed E-state index contributed by atoms with van der Waals surface area (Å²) in [5, 5.41) is 9.05. The van der Waals surface area contributed by atoms with Gasteiger partial charge in [0.15, 0.2) is 22.6 Å². The highest BCUT2D eigenvalue weighted by Crippen LogP contribution is 2.30. The Hall–Kier alpha value is -3.39. The number of para-hydroxylation sites is 2. The zero-order valence-corrected chi connectivity index (χ0v) is 16.6. The summed E-state index contributed by atoms with van der Waals surface area (Å²) in [7, 11) is 0. The molecule has 0 aliphatic carbocycles. The highest BCUT2D eigenvalue weighted by atomic mass is 32.1. The normalized spacial score (nSPS) is 13.1. The Kier molecular flexibility index (Phi) is 4.94. The molecule has 2 heterocycles. The van der Waals surface area contributed by atoms with E-state index >= 15 is 0 Å². The van der Waals surface area contributed by atoms with Crippen molar-refractivity contribution in [1.29, 1.82) is 0 Å². The van der Waals surface area contributed by atoms with Crippen LogP contribution in [-0.4, -0.2) is 33.2 Å². The molecule has 0 amide bonds. The van der Waals surface area contributed by atoms with Crippen molar-refractivity contribution < 1.29 is 19.4 Å². The molecule has 1 unspecified atom stereocenters. The number of nitrogens with zero attached hydrogens (tertiary/aromatic N) is 2. The SMILES string of the molecule is CCOc1cc(/C=c2/sc3nc4ccccc4n3c2=O)ccc1OC(C)C(=O)O. The number of hydrogen-bond acceptors (Lipinski definition) is 6. The van der Waals surface area contributed by atoms with E-state index in [-0.39, 0.29) is 5.56 Å². The second kappa shape index (κ2) is 7.56. The number of carboxylic acid groups (broad SMARTS) is 1. The Morgan fingerprint density at radius 2 is 2.07 bits per heavy atom. The van der Waals surface area contributed by atoms with Gasteiger partial charge in [0.05, 0.1) is 22.2 Å². The van der Waals surface area contributed by atoms with Gasteiger partial charge in [0.1, 0.15) is 0 Å². The summed E-state index contributed by atoms with van der Waals surface area (Å²) < 4.78 is 13.2. The van der Waals surface area contributed by atoms with Crippen LogP contribution in [0.5, 0.6) is 11.5 Å². The molecule has 4 aromatic rings. The van der Waals surface area contributed by atoms with Crippen LogP contribution in [0.15, 0.2) is 47.3 Å². The third kappa shape index (κ3) is 3.54. The van der Waals surface area contributed by atoms with Crippen LogP contribution < -0.4 is 19.6 Å². The Balaban J connectivity index is 1.77. The third-order valence-electron chi connectivity index (χ3n) is 4.36. The largest absolute Gasteiger partial charge is 0.490 e. The number of carbonyl (C=O) groups is 1. The van der Waals surface area contributed by atoms with Crippen molar-refractivity contribution in [2.24, 2.45) is 0 Å². The van der Waals surface area contributed by atoms with E-state index in [4.69, 9.17) is 14.6 Å². The Bertz CT molecular complexity index is 1320. The first kappa shape index (κ1) is 18.9. The summed E-state index contributed by atoms with van der Waals surface area (Å²) in [6.07, 6.45) is 0.763. The number of thiazole rings is 1. The molecule has 0 fully saturated rings. The van der Waals surface area contributed by atoms with Crippen LogP contribution in [0.25, 0.3) is 22.1 Å². The first-order valence-corrected chi connectivity index (χ1v) is 9.87. The predicted octanol–water partition coefficient (Wildman–Crippen LogP) is 2.71. The van der Waals surface area contributed by atoms with E-state index in [1.807, 2.05) is 31.2 Å². The number of ether oxygens (including phenoxy) is 2. The van der Waals surface area contributed by atoms with Crippen molar-refractivity contribution >= 4 is 39.4 Å². The molecule has 1 atom stereocenters. The van der Waals surface area contributed by atoms with E-state index in [1.165, 1.54) is 18.3 Å². The van der Waals surface area contributed by atoms with Gasteiger partial charge in [-0.05, 0) is 49.8 Å². The quantitative estimate of drug-likeness (QED) is 0.526. The molecule has 29 heavy (non-hydrogen) atoms. The molecule has 8 heteroatoms. The smallest absolute Gasteiger partial charge is 0.344 e. The molecule has 0 saturated carbocycles. The van der Waals surface area contributed by atoms with Gasteiger partial charge in [0, 0.05) is 0 Å². The van der Waals surface area contributed by atoms with Crippen LogP contribution in [0.2, 0.25) is 0 Å². The standard InChI is InChI=1S/C21H18N2O5S/c1-3-27-17-10-13(8-9-16(17)28-12(2)20(25)26)11-18-19(24)23-15-7-5-4-6-14(15)22-21(23)29-18/h4-12H,3H2,1-2H3,(H,25,26)/b18-11+. The maximum absolute atomic E-state index is 12.9. The molecular weight excluding hydrogens is 392 g/mol. The number of aliphatic carboxylic acids is 1. The number of benzene rings is 2. The average molecular weight is 410 g/mol. The monoisotopic (exact) mass is 410 g/mol. The molecule has 4 rings (SSSR count). The zero-order valence-electron chi connectivity index (χ0n) is 15.8. The minimum atomic E-state index is -1.06. The van der Waals surface area contributed by atoms with E-state index in [0.29, 0.717) is 27.6 Å². The fourth-order valence-electron chi connectivity index (χ4n) is 2.98. The van der Waals surface area contributed by atoms with Gasteiger partial charge in [0.25, 0.3) is 5.56 Å². The number of fused-ring (bicyclic) bond motifs is 3. The maximum atomic E-state index is 12.9. The predicted molar refractivity (Wildman–Crippen MR) is 111 cm³/mol. The molecule has 0 bridgehead atoms. The van der Waals surface area contributed by atoms with Gasteiger partial charge in [-0.3, -0.25) is 4.79 Å². The van der Waals surface area contributed by atoms with Crippen LogP contribution in [0.1, 0.15) is 19.4 Å².